The van der Waals surface area contributed by atoms with Gasteiger partial charge in [0.25, 0.3) is 5.91 Å². The first-order valence-corrected chi connectivity index (χ1v) is 9.89. The highest BCUT2D eigenvalue weighted by Crippen LogP contribution is 2.31. The predicted octanol–water partition coefficient (Wildman–Crippen LogP) is 4.04. The third-order valence-electron chi connectivity index (χ3n) is 4.28. The Kier molecular flexibility index (Phi) is 7.15. The van der Waals surface area contributed by atoms with E-state index in [1.807, 2.05) is 37.3 Å². The number of halogens is 1. The smallest absolute Gasteiger partial charge is 0.362 e. The van der Waals surface area contributed by atoms with Gasteiger partial charge < -0.3 is 19.5 Å². The number of para-hydroxylation sites is 1. The van der Waals surface area contributed by atoms with Gasteiger partial charge in [0.15, 0.2) is 12.4 Å². The van der Waals surface area contributed by atoms with Crippen LogP contribution in [0.4, 0.5) is 5.69 Å². The summed E-state index contributed by atoms with van der Waals surface area (Å²) in [7, 11) is 1.48. The molecule has 1 heterocycles. The minimum atomic E-state index is -0.636. The second-order valence-corrected chi connectivity index (χ2v) is 6.89. The van der Waals surface area contributed by atoms with Crippen LogP contribution in [0.5, 0.6) is 11.5 Å². The minimum absolute atomic E-state index is 0.0154. The lowest BCUT2D eigenvalue weighted by Crippen LogP contribution is -2.21. The van der Waals surface area contributed by atoms with Crippen LogP contribution in [0.2, 0.25) is 5.02 Å². The standard InChI is InChI=1S/C22H22ClN3O5/c1-4-30-22(28)21-19(12-26(25-21)15-8-6-5-7-9-15)31-13-20(27)24-17-10-14(2)16(23)11-18(17)29-3/h5-12H,4,13H2,1-3H3,(H,24,27). The molecular weight excluding hydrogens is 422 g/mol. The molecule has 1 N–H and O–H groups in total. The van der Waals surface area contributed by atoms with Crippen LogP contribution in [0.15, 0.2) is 48.7 Å². The molecule has 0 unspecified atom stereocenters. The lowest BCUT2D eigenvalue weighted by atomic mass is 10.2. The van der Waals surface area contributed by atoms with Gasteiger partial charge in [-0.15, -0.1) is 0 Å². The molecule has 3 aromatic rings. The molecule has 0 aliphatic heterocycles. The van der Waals surface area contributed by atoms with Crippen LogP contribution in [0.25, 0.3) is 5.69 Å². The number of benzene rings is 2. The molecule has 0 aliphatic rings. The SMILES string of the molecule is CCOC(=O)c1nn(-c2ccccc2)cc1OCC(=O)Nc1cc(C)c(Cl)cc1OC. The Labute approximate surface area is 184 Å². The number of ether oxygens (including phenoxy) is 3. The molecule has 0 fully saturated rings. The maximum absolute atomic E-state index is 12.5. The summed E-state index contributed by atoms with van der Waals surface area (Å²) in [6.07, 6.45) is 1.53. The molecule has 0 saturated heterocycles. The Bertz CT molecular complexity index is 1080. The van der Waals surface area contributed by atoms with E-state index >= 15 is 0 Å². The van der Waals surface area contributed by atoms with Gasteiger partial charge in [-0.25, -0.2) is 9.48 Å². The number of aryl methyl sites for hydroxylation is 1. The average molecular weight is 444 g/mol. The summed E-state index contributed by atoms with van der Waals surface area (Å²) in [4.78, 5) is 24.8. The summed E-state index contributed by atoms with van der Waals surface area (Å²) in [6.45, 7) is 3.35. The molecule has 0 spiro atoms. The second-order valence-electron chi connectivity index (χ2n) is 6.48. The summed E-state index contributed by atoms with van der Waals surface area (Å²) in [5, 5.41) is 7.51. The van der Waals surface area contributed by atoms with Gasteiger partial charge in [0.2, 0.25) is 5.69 Å². The number of amides is 1. The number of anilines is 1. The lowest BCUT2D eigenvalue weighted by molar-refractivity contribution is -0.118. The lowest BCUT2D eigenvalue weighted by Gasteiger charge is -2.12. The van der Waals surface area contributed by atoms with E-state index in [1.165, 1.54) is 18.0 Å². The first-order chi connectivity index (χ1) is 14.9. The molecule has 2 aromatic carbocycles. The number of rotatable bonds is 8. The predicted molar refractivity (Wildman–Crippen MR) is 116 cm³/mol. The monoisotopic (exact) mass is 443 g/mol. The van der Waals surface area contributed by atoms with Crippen molar-refractivity contribution in [3.63, 3.8) is 0 Å². The Morgan fingerprint density at radius 2 is 1.90 bits per heavy atom. The van der Waals surface area contributed by atoms with E-state index in [4.69, 9.17) is 25.8 Å². The van der Waals surface area contributed by atoms with Crippen molar-refractivity contribution < 1.29 is 23.8 Å². The zero-order valence-electron chi connectivity index (χ0n) is 17.3. The fourth-order valence-electron chi connectivity index (χ4n) is 2.78. The number of nitrogens with one attached hydrogen (secondary N) is 1. The van der Waals surface area contributed by atoms with Crippen LogP contribution in [0.3, 0.4) is 0 Å². The van der Waals surface area contributed by atoms with E-state index in [0.29, 0.717) is 16.5 Å². The number of carbonyl (C=O) groups excluding carboxylic acids is 2. The van der Waals surface area contributed by atoms with Crippen LogP contribution < -0.4 is 14.8 Å². The van der Waals surface area contributed by atoms with Gasteiger partial charge in [-0.1, -0.05) is 29.8 Å². The van der Waals surface area contributed by atoms with E-state index in [0.717, 1.165) is 11.3 Å². The molecule has 0 bridgehead atoms. The van der Waals surface area contributed by atoms with E-state index in [-0.39, 0.29) is 24.7 Å². The molecule has 1 amide bonds. The molecule has 162 valence electrons. The first-order valence-electron chi connectivity index (χ1n) is 9.52. The van der Waals surface area contributed by atoms with Gasteiger partial charge in [0.1, 0.15) is 5.75 Å². The van der Waals surface area contributed by atoms with Crippen LogP contribution in [0, 0.1) is 6.92 Å². The quantitative estimate of drug-likeness (QED) is 0.528. The fraction of sp³-hybridized carbons (Fsp3) is 0.227. The highest BCUT2D eigenvalue weighted by atomic mass is 35.5. The molecule has 0 aliphatic carbocycles. The van der Waals surface area contributed by atoms with Crippen LogP contribution in [-0.2, 0) is 9.53 Å². The van der Waals surface area contributed by atoms with Crippen molar-refractivity contribution in [1.82, 2.24) is 9.78 Å². The van der Waals surface area contributed by atoms with Crippen molar-refractivity contribution in [2.45, 2.75) is 13.8 Å². The maximum Gasteiger partial charge on any atom is 0.362 e. The Balaban J connectivity index is 1.77. The number of esters is 1. The molecule has 1 aromatic heterocycles. The Hall–Kier alpha value is -3.52. The van der Waals surface area contributed by atoms with Gasteiger partial charge in [0, 0.05) is 11.1 Å². The maximum atomic E-state index is 12.5. The minimum Gasteiger partial charge on any atom is -0.495 e. The number of methoxy groups -OCH3 is 1. The summed E-state index contributed by atoms with van der Waals surface area (Å²) in [5.74, 6) is -0.519. The average Bonchev–Trinajstić information content (AvgIpc) is 3.20. The summed E-state index contributed by atoms with van der Waals surface area (Å²) >= 11 is 6.10. The number of nitrogens with zero attached hydrogens (tertiary/aromatic N) is 2. The third kappa shape index (κ3) is 5.35. The molecule has 8 nitrogen and oxygen atoms in total. The molecule has 9 heteroatoms. The van der Waals surface area contributed by atoms with Crippen molar-refractivity contribution in [2.24, 2.45) is 0 Å². The zero-order chi connectivity index (χ0) is 22.4. The van der Waals surface area contributed by atoms with Gasteiger partial charge in [-0.05, 0) is 37.6 Å². The van der Waals surface area contributed by atoms with E-state index < -0.39 is 11.9 Å². The van der Waals surface area contributed by atoms with Crippen molar-refractivity contribution in [2.75, 3.05) is 25.6 Å². The van der Waals surface area contributed by atoms with Crippen molar-refractivity contribution in [3.8, 4) is 17.2 Å². The van der Waals surface area contributed by atoms with Crippen LogP contribution in [0.1, 0.15) is 23.0 Å². The molecule has 0 radical (unpaired) electrons. The molecular formula is C22H22ClN3O5. The van der Waals surface area contributed by atoms with E-state index in [9.17, 15) is 9.59 Å². The highest BCUT2D eigenvalue weighted by Gasteiger charge is 2.21. The van der Waals surface area contributed by atoms with Gasteiger partial charge in [-0.3, -0.25) is 4.79 Å². The number of aromatic nitrogens is 2. The van der Waals surface area contributed by atoms with Crippen molar-refractivity contribution >= 4 is 29.2 Å². The molecule has 3 rings (SSSR count). The van der Waals surface area contributed by atoms with Crippen LogP contribution >= 0.6 is 11.6 Å². The topological polar surface area (TPSA) is 91.7 Å². The number of hydrogen-bond acceptors (Lipinski definition) is 6. The molecule has 31 heavy (non-hydrogen) atoms. The normalized spacial score (nSPS) is 10.5. The van der Waals surface area contributed by atoms with Gasteiger partial charge >= 0.3 is 5.97 Å². The number of carbonyl (C=O) groups is 2. The summed E-state index contributed by atoms with van der Waals surface area (Å²) in [6, 6.07) is 12.5. The molecule has 0 atom stereocenters. The second kappa shape index (κ2) is 9.99. The Morgan fingerprint density at radius 1 is 1.16 bits per heavy atom. The van der Waals surface area contributed by atoms with Gasteiger partial charge in [0.05, 0.1) is 31.3 Å². The van der Waals surface area contributed by atoms with E-state index in [2.05, 4.69) is 10.4 Å². The zero-order valence-corrected chi connectivity index (χ0v) is 18.1. The Morgan fingerprint density at radius 3 is 2.58 bits per heavy atom. The van der Waals surface area contributed by atoms with Gasteiger partial charge in [-0.2, -0.15) is 5.10 Å². The number of hydrogen-bond donors (Lipinski definition) is 1. The highest BCUT2D eigenvalue weighted by molar-refractivity contribution is 6.31. The van der Waals surface area contributed by atoms with E-state index in [1.54, 1.807) is 19.1 Å². The molecule has 0 saturated carbocycles. The fourth-order valence-corrected chi connectivity index (χ4v) is 2.93. The summed E-state index contributed by atoms with van der Waals surface area (Å²) in [5.41, 5.74) is 1.96. The van der Waals surface area contributed by atoms with Crippen LogP contribution in [-0.4, -0.2) is 42.0 Å². The van der Waals surface area contributed by atoms with Crippen molar-refractivity contribution in [1.29, 1.82) is 0 Å². The first kappa shape index (κ1) is 22.2. The summed E-state index contributed by atoms with van der Waals surface area (Å²) < 4.78 is 17.4. The largest absolute Gasteiger partial charge is 0.495 e. The van der Waals surface area contributed by atoms with Crippen molar-refractivity contribution in [3.05, 3.63) is 64.9 Å². The third-order valence-corrected chi connectivity index (χ3v) is 4.69.